The van der Waals surface area contributed by atoms with Gasteiger partial charge in [0.25, 0.3) is 5.91 Å². The molecule has 3 aliphatic heterocycles. The summed E-state index contributed by atoms with van der Waals surface area (Å²) in [4.78, 5) is 25.3. The number of rotatable bonds is 6. The number of carbonyl (C=O) groups excluding carboxylic acids is 1. The number of anilines is 3. The third-order valence-corrected chi connectivity index (χ3v) is 8.81. The number of piperidine rings is 2. The molecule has 0 bridgehead atoms. The van der Waals surface area contributed by atoms with Gasteiger partial charge in [0.15, 0.2) is 5.65 Å². The van der Waals surface area contributed by atoms with Gasteiger partial charge < -0.3 is 20.4 Å². The SMILES string of the molecule is CS(=O)(=O)Nc1ccc(Cl)cc1C(=O)N1CCCC[C@@H]1c1cc2nc(N3CCC3)cc(N3CCCC(N)C3)n2n1. The van der Waals surface area contributed by atoms with Gasteiger partial charge in [0.05, 0.1) is 29.2 Å². The van der Waals surface area contributed by atoms with E-state index in [0.717, 1.165) is 93.9 Å². The fourth-order valence-corrected chi connectivity index (χ4v) is 6.65. The van der Waals surface area contributed by atoms with Crippen LogP contribution in [0.1, 0.15) is 60.6 Å². The number of sulfonamides is 1. The highest BCUT2D eigenvalue weighted by Gasteiger charge is 2.33. The van der Waals surface area contributed by atoms with Gasteiger partial charge in [-0.3, -0.25) is 9.52 Å². The fourth-order valence-electron chi connectivity index (χ4n) is 5.90. The van der Waals surface area contributed by atoms with E-state index in [2.05, 4.69) is 20.6 Å². The Morgan fingerprint density at radius 1 is 1.02 bits per heavy atom. The molecule has 40 heavy (non-hydrogen) atoms. The van der Waals surface area contributed by atoms with Gasteiger partial charge in [0.2, 0.25) is 10.0 Å². The molecule has 3 aromatic rings. The van der Waals surface area contributed by atoms with Gasteiger partial charge in [-0.2, -0.15) is 9.61 Å². The van der Waals surface area contributed by atoms with Crippen LogP contribution in [-0.2, 0) is 10.0 Å². The van der Waals surface area contributed by atoms with E-state index in [1.165, 1.54) is 12.1 Å². The molecule has 6 rings (SSSR count). The number of halogens is 1. The molecule has 11 nitrogen and oxygen atoms in total. The zero-order chi connectivity index (χ0) is 28.0. The highest BCUT2D eigenvalue weighted by Crippen LogP contribution is 2.35. The quantitative estimate of drug-likeness (QED) is 0.450. The summed E-state index contributed by atoms with van der Waals surface area (Å²) in [7, 11) is -3.59. The summed E-state index contributed by atoms with van der Waals surface area (Å²) in [5.74, 6) is 1.62. The minimum absolute atomic E-state index is 0.110. The van der Waals surface area contributed by atoms with Crippen LogP contribution in [0.5, 0.6) is 0 Å². The molecule has 1 amide bonds. The summed E-state index contributed by atoms with van der Waals surface area (Å²) >= 11 is 6.25. The molecule has 1 aromatic carbocycles. The van der Waals surface area contributed by atoms with E-state index >= 15 is 0 Å². The number of hydrogen-bond acceptors (Lipinski definition) is 8. The second-order valence-corrected chi connectivity index (χ2v) is 13.3. The largest absolute Gasteiger partial charge is 0.356 e. The minimum atomic E-state index is -3.59. The Morgan fingerprint density at radius 2 is 1.82 bits per heavy atom. The second-order valence-electron chi connectivity index (χ2n) is 11.1. The first-order valence-corrected chi connectivity index (χ1v) is 16.2. The van der Waals surface area contributed by atoms with Crippen molar-refractivity contribution in [3.8, 4) is 0 Å². The molecule has 5 heterocycles. The van der Waals surface area contributed by atoms with Gasteiger partial charge in [-0.05, 0) is 56.7 Å². The molecule has 0 radical (unpaired) electrons. The zero-order valence-electron chi connectivity index (χ0n) is 22.6. The first-order valence-electron chi connectivity index (χ1n) is 13.9. The van der Waals surface area contributed by atoms with Gasteiger partial charge in [-0.25, -0.2) is 13.4 Å². The Morgan fingerprint density at radius 3 is 2.55 bits per heavy atom. The lowest BCUT2D eigenvalue weighted by Gasteiger charge is -2.35. The average Bonchev–Trinajstić information content (AvgIpc) is 3.31. The molecule has 3 fully saturated rings. The summed E-state index contributed by atoms with van der Waals surface area (Å²) in [6.07, 6.45) is 6.78. The number of fused-ring (bicyclic) bond motifs is 1. The van der Waals surface area contributed by atoms with Crippen molar-refractivity contribution in [1.82, 2.24) is 19.5 Å². The lowest BCUT2D eigenvalue weighted by Crippen LogP contribution is -2.44. The normalized spacial score (nSPS) is 21.9. The van der Waals surface area contributed by atoms with E-state index in [9.17, 15) is 13.2 Å². The Kier molecular flexibility index (Phi) is 7.26. The summed E-state index contributed by atoms with van der Waals surface area (Å²) < 4.78 is 28.4. The predicted octanol–water partition coefficient (Wildman–Crippen LogP) is 3.26. The average molecular weight is 587 g/mol. The maximum Gasteiger partial charge on any atom is 0.256 e. The maximum absolute atomic E-state index is 14.0. The van der Waals surface area contributed by atoms with E-state index in [1.807, 2.05) is 10.6 Å². The van der Waals surface area contributed by atoms with Gasteiger partial charge in [-0.1, -0.05) is 11.6 Å². The number of carbonyl (C=O) groups is 1. The maximum atomic E-state index is 14.0. The van der Waals surface area contributed by atoms with Crippen LogP contribution in [0, 0.1) is 0 Å². The van der Waals surface area contributed by atoms with Gasteiger partial charge in [0, 0.05) is 55.9 Å². The number of aromatic nitrogens is 3. The van der Waals surface area contributed by atoms with Crippen molar-refractivity contribution in [3.63, 3.8) is 0 Å². The highest BCUT2D eigenvalue weighted by molar-refractivity contribution is 7.92. The van der Waals surface area contributed by atoms with E-state index in [-0.39, 0.29) is 29.2 Å². The van der Waals surface area contributed by atoms with Crippen LogP contribution in [0.15, 0.2) is 30.3 Å². The molecular formula is C27H35ClN8O3S. The van der Waals surface area contributed by atoms with Crippen LogP contribution < -0.4 is 20.3 Å². The van der Waals surface area contributed by atoms with Gasteiger partial charge in [0.1, 0.15) is 11.6 Å². The first-order chi connectivity index (χ1) is 19.2. The number of amides is 1. The van der Waals surface area contributed by atoms with Crippen molar-refractivity contribution in [2.45, 2.75) is 50.6 Å². The third kappa shape index (κ3) is 5.44. The Hall–Kier alpha value is -3.09. The molecule has 3 aliphatic rings. The number of nitrogens with one attached hydrogen (secondary N) is 1. The van der Waals surface area contributed by atoms with Gasteiger partial charge in [-0.15, -0.1) is 0 Å². The fraction of sp³-hybridized carbons (Fsp3) is 0.519. The van der Waals surface area contributed by atoms with Crippen LogP contribution in [0.25, 0.3) is 5.65 Å². The standard InChI is InChI=1S/C27H35ClN8O3S/c1-40(38,39)32-21-9-8-18(28)14-20(21)27(37)35-13-3-2-7-23(35)22-15-25-30-24(33-11-5-12-33)16-26(36(25)31-22)34-10-4-6-19(29)17-34/h8-9,14-16,19,23,32H,2-7,10-13,17,29H2,1H3/t19?,23-/m1/s1. The van der Waals surface area contributed by atoms with Crippen LogP contribution in [0.3, 0.4) is 0 Å². The number of nitrogens with two attached hydrogens (primary N) is 1. The number of nitrogens with zero attached hydrogens (tertiary/aromatic N) is 6. The zero-order valence-corrected chi connectivity index (χ0v) is 24.2. The summed E-state index contributed by atoms with van der Waals surface area (Å²) in [5, 5.41) is 5.39. The van der Waals surface area contributed by atoms with Crippen molar-refractivity contribution < 1.29 is 13.2 Å². The third-order valence-electron chi connectivity index (χ3n) is 7.99. The number of benzene rings is 1. The Bertz CT molecular complexity index is 1540. The molecule has 3 N–H and O–H groups in total. The monoisotopic (exact) mass is 586 g/mol. The van der Waals surface area contributed by atoms with E-state index in [0.29, 0.717) is 11.6 Å². The lowest BCUT2D eigenvalue weighted by molar-refractivity contribution is 0.0607. The second kappa shape index (κ2) is 10.7. The first kappa shape index (κ1) is 27.1. The van der Waals surface area contributed by atoms with Crippen LogP contribution in [0.2, 0.25) is 5.02 Å². The summed E-state index contributed by atoms with van der Waals surface area (Å²) in [6.45, 7) is 4.16. The smallest absolute Gasteiger partial charge is 0.256 e. The summed E-state index contributed by atoms with van der Waals surface area (Å²) in [6, 6.07) is 8.54. The van der Waals surface area contributed by atoms with E-state index < -0.39 is 10.0 Å². The Labute approximate surface area is 239 Å². The molecule has 2 aromatic heterocycles. The van der Waals surface area contributed by atoms with E-state index in [1.54, 1.807) is 11.0 Å². The molecular weight excluding hydrogens is 552 g/mol. The van der Waals surface area contributed by atoms with E-state index in [4.69, 9.17) is 27.4 Å². The molecule has 214 valence electrons. The molecule has 2 atom stereocenters. The van der Waals surface area contributed by atoms with Crippen molar-refractivity contribution in [2.75, 3.05) is 53.5 Å². The predicted molar refractivity (Wildman–Crippen MR) is 157 cm³/mol. The molecule has 3 saturated heterocycles. The highest BCUT2D eigenvalue weighted by atomic mass is 35.5. The van der Waals surface area contributed by atoms with Gasteiger partial charge >= 0.3 is 0 Å². The molecule has 1 unspecified atom stereocenters. The molecule has 0 spiro atoms. The van der Waals surface area contributed by atoms with Crippen LogP contribution in [0.4, 0.5) is 17.3 Å². The van der Waals surface area contributed by atoms with Crippen molar-refractivity contribution >= 4 is 50.5 Å². The van der Waals surface area contributed by atoms with Crippen molar-refractivity contribution in [2.24, 2.45) is 5.73 Å². The molecule has 0 saturated carbocycles. The topological polar surface area (TPSA) is 129 Å². The molecule has 13 heteroatoms. The van der Waals surface area contributed by atoms with Crippen molar-refractivity contribution in [1.29, 1.82) is 0 Å². The minimum Gasteiger partial charge on any atom is -0.356 e. The van der Waals surface area contributed by atoms with Crippen LogP contribution in [-0.4, -0.2) is 78.8 Å². The van der Waals surface area contributed by atoms with Crippen LogP contribution >= 0.6 is 11.6 Å². The Balaban J connectivity index is 1.39. The molecule has 0 aliphatic carbocycles. The lowest BCUT2D eigenvalue weighted by atomic mass is 9.98. The number of hydrogen-bond donors (Lipinski definition) is 2. The van der Waals surface area contributed by atoms with Crippen molar-refractivity contribution in [3.05, 3.63) is 46.6 Å². The summed E-state index contributed by atoms with van der Waals surface area (Å²) in [5.41, 5.74) is 8.28. The number of likely N-dealkylation sites (tertiary alicyclic amines) is 1.